The minimum atomic E-state index is -0.654. The molecule has 0 aliphatic carbocycles. The lowest BCUT2D eigenvalue weighted by Gasteiger charge is -2.33. The largest absolute Gasteiger partial charge is 0.483 e. The molecule has 0 aliphatic heterocycles. The van der Waals surface area contributed by atoms with Crippen LogP contribution in [-0.4, -0.2) is 34.9 Å². The summed E-state index contributed by atoms with van der Waals surface area (Å²) in [5.41, 5.74) is 2.43. The Morgan fingerprint density at radius 2 is 1.75 bits per heavy atom. The SMILES string of the molecule is CC[C@@H](C(=O)NC(C)(C)C)N(Cc1ccc(Cl)c(Cl)c1)C(=O)COc1ccc(C)cc1C. The predicted octanol–water partition coefficient (Wildman–Crippen LogP) is 5.71. The fraction of sp³-hybridized carbons (Fsp3) is 0.440. The summed E-state index contributed by atoms with van der Waals surface area (Å²) >= 11 is 12.2. The molecule has 2 amide bonds. The molecule has 0 bridgehead atoms. The summed E-state index contributed by atoms with van der Waals surface area (Å²) in [7, 11) is 0. The molecule has 0 heterocycles. The molecule has 1 atom stereocenters. The van der Waals surface area contributed by atoms with Crippen LogP contribution in [0.25, 0.3) is 0 Å². The van der Waals surface area contributed by atoms with Gasteiger partial charge in [-0.15, -0.1) is 0 Å². The molecule has 0 radical (unpaired) electrons. The molecule has 0 spiro atoms. The maximum Gasteiger partial charge on any atom is 0.261 e. The van der Waals surface area contributed by atoms with Crippen LogP contribution in [0.4, 0.5) is 0 Å². The van der Waals surface area contributed by atoms with Gasteiger partial charge in [0.1, 0.15) is 11.8 Å². The fourth-order valence-electron chi connectivity index (χ4n) is 3.39. The maximum atomic E-state index is 13.3. The molecule has 2 aromatic carbocycles. The van der Waals surface area contributed by atoms with Crippen molar-refractivity contribution in [1.29, 1.82) is 0 Å². The third-order valence-corrected chi connectivity index (χ3v) is 5.64. The van der Waals surface area contributed by atoms with E-state index in [0.717, 1.165) is 16.7 Å². The van der Waals surface area contributed by atoms with Gasteiger partial charge in [0.25, 0.3) is 5.91 Å². The lowest BCUT2D eigenvalue weighted by Crippen LogP contribution is -2.54. The van der Waals surface area contributed by atoms with Crippen LogP contribution in [0.2, 0.25) is 10.0 Å². The predicted molar refractivity (Wildman–Crippen MR) is 130 cm³/mol. The van der Waals surface area contributed by atoms with Gasteiger partial charge in [0.2, 0.25) is 5.91 Å². The van der Waals surface area contributed by atoms with Gasteiger partial charge in [0.05, 0.1) is 10.0 Å². The lowest BCUT2D eigenvalue weighted by atomic mass is 10.1. The van der Waals surface area contributed by atoms with Crippen LogP contribution in [0.3, 0.4) is 0 Å². The zero-order chi connectivity index (χ0) is 24.1. The van der Waals surface area contributed by atoms with Crippen LogP contribution in [0.15, 0.2) is 36.4 Å². The second-order valence-electron chi connectivity index (χ2n) is 8.99. The number of carbonyl (C=O) groups is 2. The van der Waals surface area contributed by atoms with Crippen molar-refractivity contribution in [3.63, 3.8) is 0 Å². The number of ether oxygens (including phenoxy) is 1. The Morgan fingerprint density at radius 3 is 2.31 bits per heavy atom. The van der Waals surface area contributed by atoms with Gasteiger partial charge in [0, 0.05) is 12.1 Å². The molecule has 7 heteroatoms. The first-order chi connectivity index (χ1) is 14.9. The van der Waals surface area contributed by atoms with Crippen LogP contribution < -0.4 is 10.1 Å². The van der Waals surface area contributed by atoms with E-state index in [1.54, 1.807) is 23.1 Å². The fourth-order valence-corrected chi connectivity index (χ4v) is 3.71. The highest BCUT2D eigenvalue weighted by atomic mass is 35.5. The second kappa shape index (κ2) is 11.1. The number of benzene rings is 2. The molecular formula is C25H32Cl2N2O3. The van der Waals surface area contributed by atoms with Crippen molar-refractivity contribution in [3.8, 4) is 5.75 Å². The lowest BCUT2D eigenvalue weighted by molar-refractivity contribution is -0.143. The highest BCUT2D eigenvalue weighted by Crippen LogP contribution is 2.24. The van der Waals surface area contributed by atoms with E-state index in [0.29, 0.717) is 22.2 Å². The molecular weight excluding hydrogens is 447 g/mol. The number of hydrogen-bond donors (Lipinski definition) is 1. The van der Waals surface area contributed by atoms with Crippen LogP contribution in [-0.2, 0) is 16.1 Å². The Hall–Kier alpha value is -2.24. The van der Waals surface area contributed by atoms with Crippen LogP contribution in [0.1, 0.15) is 50.8 Å². The number of halogens is 2. The van der Waals surface area contributed by atoms with Gasteiger partial charge < -0.3 is 15.0 Å². The number of amides is 2. The number of nitrogens with one attached hydrogen (secondary N) is 1. The minimum absolute atomic E-state index is 0.176. The Morgan fingerprint density at radius 1 is 1.06 bits per heavy atom. The van der Waals surface area contributed by atoms with Crippen LogP contribution in [0.5, 0.6) is 5.75 Å². The van der Waals surface area contributed by atoms with Crippen LogP contribution in [0, 0.1) is 13.8 Å². The molecule has 0 aliphatic rings. The molecule has 32 heavy (non-hydrogen) atoms. The topological polar surface area (TPSA) is 58.6 Å². The van der Waals surface area contributed by atoms with Crippen molar-refractivity contribution in [2.75, 3.05) is 6.61 Å². The molecule has 2 aromatic rings. The summed E-state index contributed by atoms with van der Waals surface area (Å²) in [6, 6.07) is 10.3. The Kier molecular flexibility index (Phi) is 8.99. The summed E-state index contributed by atoms with van der Waals surface area (Å²) in [6.07, 6.45) is 0.457. The quantitative estimate of drug-likeness (QED) is 0.528. The summed E-state index contributed by atoms with van der Waals surface area (Å²) in [6.45, 7) is 11.6. The van der Waals surface area contributed by atoms with Crippen molar-refractivity contribution in [1.82, 2.24) is 10.2 Å². The first-order valence-electron chi connectivity index (χ1n) is 10.7. The van der Waals surface area contributed by atoms with Gasteiger partial charge in [-0.2, -0.15) is 0 Å². The van der Waals surface area contributed by atoms with Gasteiger partial charge in [-0.25, -0.2) is 0 Å². The molecule has 174 valence electrons. The molecule has 2 rings (SSSR count). The molecule has 0 fully saturated rings. The van der Waals surface area contributed by atoms with E-state index < -0.39 is 11.6 Å². The normalized spacial score (nSPS) is 12.2. The second-order valence-corrected chi connectivity index (χ2v) is 9.81. The molecule has 1 N–H and O–H groups in total. The van der Waals surface area contributed by atoms with E-state index in [-0.39, 0.29) is 25.0 Å². The smallest absolute Gasteiger partial charge is 0.261 e. The number of hydrogen-bond acceptors (Lipinski definition) is 3. The van der Waals surface area contributed by atoms with Crippen molar-refractivity contribution < 1.29 is 14.3 Å². The summed E-state index contributed by atoms with van der Waals surface area (Å²) < 4.78 is 5.82. The maximum absolute atomic E-state index is 13.3. The number of nitrogens with zero attached hydrogens (tertiary/aromatic N) is 1. The van der Waals surface area contributed by atoms with Crippen LogP contribution >= 0.6 is 23.2 Å². The molecule has 0 unspecified atom stereocenters. The zero-order valence-corrected chi connectivity index (χ0v) is 21.1. The average Bonchev–Trinajstić information content (AvgIpc) is 2.68. The monoisotopic (exact) mass is 478 g/mol. The van der Waals surface area contributed by atoms with Crippen molar-refractivity contribution in [3.05, 3.63) is 63.1 Å². The Bertz CT molecular complexity index is 970. The van der Waals surface area contributed by atoms with Gasteiger partial charge in [-0.1, -0.05) is 53.9 Å². The van der Waals surface area contributed by atoms with Crippen molar-refractivity contribution in [2.24, 2.45) is 0 Å². The van der Waals surface area contributed by atoms with E-state index in [1.165, 1.54) is 0 Å². The summed E-state index contributed by atoms with van der Waals surface area (Å²) in [5.74, 6) is 0.150. The first-order valence-corrected chi connectivity index (χ1v) is 11.4. The number of rotatable bonds is 8. The molecule has 5 nitrogen and oxygen atoms in total. The first kappa shape index (κ1) is 26.0. The highest BCUT2D eigenvalue weighted by molar-refractivity contribution is 6.42. The highest BCUT2D eigenvalue weighted by Gasteiger charge is 2.31. The van der Waals surface area contributed by atoms with E-state index in [1.807, 2.05) is 59.7 Å². The van der Waals surface area contributed by atoms with E-state index in [2.05, 4.69) is 5.32 Å². The van der Waals surface area contributed by atoms with Gasteiger partial charge in [-0.05, 0) is 70.4 Å². The van der Waals surface area contributed by atoms with Crippen molar-refractivity contribution in [2.45, 2.75) is 66.1 Å². The van der Waals surface area contributed by atoms with E-state index >= 15 is 0 Å². The van der Waals surface area contributed by atoms with Crippen molar-refractivity contribution >= 4 is 35.0 Å². The Balaban J connectivity index is 2.29. The zero-order valence-electron chi connectivity index (χ0n) is 19.6. The van der Waals surface area contributed by atoms with Gasteiger partial charge in [-0.3, -0.25) is 9.59 Å². The summed E-state index contributed by atoms with van der Waals surface area (Å²) in [4.78, 5) is 27.8. The van der Waals surface area contributed by atoms with E-state index in [9.17, 15) is 9.59 Å². The van der Waals surface area contributed by atoms with Gasteiger partial charge >= 0.3 is 0 Å². The number of carbonyl (C=O) groups excluding carboxylic acids is 2. The standard InChI is InChI=1S/C25H32Cl2N2O3/c1-7-21(24(31)28-25(4,5)6)29(14-18-9-10-19(26)20(27)13-18)23(30)15-32-22-11-8-16(2)12-17(22)3/h8-13,21H,7,14-15H2,1-6H3,(H,28,31)/t21-/m0/s1. The third-order valence-electron chi connectivity index (χ3n) is 4.90. The molecule has 0 saturated heterocycles. The summed E-state index contributed by atoms with van der Waals surface area (Å²) in [5, 5.41) is 3.81. The van der Waals surface area contributed by atoms with E-state index in [4.69, 9.17) is 27.9 Å². The average molecular weight is 479 g/mol. The van der Waals surface area contributed by atoms with Gasteiger partial charge in [0.15, 0.2) is 6.61 Å². The number of aryl methyl sites for hydroxylation is 2. The Labute approximate surface area is 201 Å². The minimum Gasteiger partial charge on any atom is -0.483 e. The molecule has 0 aromatic heterocycles. The molecule has 0 saturated carbocycles. The third kappa shape index (κ3) is 7.42.